The van der Waals surface area contributed by atoms with E-state index in [1.54, 1.807) is 17.4 Å². The number of hydrazone groups is 1. The number of pyridine rings is 1. The maximum absolute atomic E-state index is 13.2. The molecule has 2 aromatic rings. The number of hydrogen-bond donors (Lipinski definition) is 1. The number of amides is 2. The van der Waals surface area contributed by atoms with Crippen molar-refractivity contribution in [3.05, 3.63) is 59.9 Å². The molecular formula is C23H28N4O. The van der Waals surface area contributed by atoms with Gasteiger partial charge < -0.3 is 5.32 Å². The first kappa shape index (κ1) is 18.7. The molecule has 2 aliphatic rings. The molecule has 1 aliphatic heterocycles. The summed E-state index contributed by atoms with van der Waals surface area (Å²) in [4.78, 5) is 17.4. The van der Waals surface area contributed by atoms with Crippen LogP contribution < -0.4 is 5.32 Å². The van der Waals surface area contributed by atoms with Crippen molar-refractivity contribution in [2.45, 2.75) is 53.0 Å². The van der Waals surface area contributed by atoms with Gasteiger partial charge in [0.1, 0.15) is 5.71 Å². The zero-order chi connectivity index (χ0) is 19.9. The van der Waals surface area contributed by atoms with E-state index in [2.05, 4.69) is 38.0 Å². The van der Waals surface area contributed by atoms with Gasteiger partial charge >= 0.3 is 6.03 Å². The third-order valence-corrected chi connectivity index (χ3v) is 5.66. The second-order valence-corrected chi connectivity index (χ2v) is 9.58. The van der Waals surface area contributed by atoms with E-state index < -0.39 is 0 Å². The van der Waals surface area contributed by atoms with E-state index >= 15 is 0 Å². The summed E-state index contributed by atoms with van der Waals surface area (Å²) in [5.41, 5.74) is 3.68. The molecule has 0 bridgehead atoms. The van der Waals surface area contributed by atoms with E-state index in [-0.39, 0.29) is 22.9 Å². The van der Waals surface area contributed by atoms with Crippen LogP contribution in [0.4, 0.5) is 10.5 Å². The summed E-state index contributed by atoms with van der Waals surface area (Å²) in [5, 5.41) is 9.66. The molecule has 1 fully saturated rings. The maximum atomic E-state index is 13.2. The monoisotopic (exact) mass is 376 g/mol. The van der Waals surface area contributed by atoms with Crippen molar-refractivity contribution in [1.29, 1.82) is 0 Å². The Morgan fingerprint density at radius 1 is 1.04 bits per heavy atom. The molecule has 0 atom stereocenters. The first-order valence-corrected chi connectivity index (χ1v) is 9.93. The van der Waals surface area contributed by atoms with E-state index in [1.807, 2.05) is 36.4 Å². The first-order chi connectivity index (χ1) is 13.2. The summed E-state index contributed by atoms with van der Waals surface area (Å²) >= 11 is 0. The minimum absolute atomic E-state index is 0.0553. The van der Waals surface area contributed by atoms with Crippen LogP contribution in [-0.4, -0.2) is 27.8 Å². The van der Waals surface area contributed by atoms with Crippen molar-refractivity contribution in [1.82, 2.24) is 9.99 Å². The van der Waals surface area contributed by atoms with E-state index in [9.17, 15) is 4.79 Å². The highest BCUT2D eigenvalue weighted by Crippen LogP contribution is 2.47. The summed E-state index contributed by atoms with van der Waals surface area (Å²) in [5.74, 6) is 0. The van der Waals surface area contributed by atoms with Crippen molar-refractivity contribution in [3.8, 4) is 0 Å². The number of nitrogens with zero attached hydrogens (tertiary/aromatic N) is 3. The highest BCUT2D eigenvalue weighted by atomic mass is 16.2. The quantitative estimate of drug-likeness (QED) is 0.774. The molecule has 0 saturated heterocycles. The van der Waals surface area contributed by atoms with Crippen molar-refractivity contribution in [2.24, 2.45) is 15.9 Å². The predicted molar refractivity (Wildman–Crippen MR) is 112 cm³/mol. The molecule has 5 nitrogen and oxygen atoms in total. The van der Waals surface area contributed by atoms with Gasteiger partial charge in [-0.15, -0.1) is 0 Å². The number of anilines is 1. The molecule has 1 saturated carbocycles. The number of urea groups is 1. The van der Waals surface area contributed by atoms with Gasteiger partial charge in [0.2, 0.25) is 0 Å². The molecule has 1 aliphatic carbocycles. The maximum Gasteiger partial charge on any atom is 0.342 e. The number of fused-ring (bicyclic) bond motifs is 1. The van der Waals surface area contributed by atoms with Crippen LogP contribution in [0.25, 0.3) is 0 Å². The molecular weight excluding hydrogens is 348 g/mol. The Morgan fingerprint density at radius 3 is 2.39 bits per heavy atom. The molecule has 2 amide bonds. The summed E-state index contributed by atoms with van der Waals surface area (Å²) in [6.07, 6.45) is 6.49. The van der Waals surface area contributed by atoms with E-state index in [4.69, 9.17) is 5.10 Å². The molecule has 0 spiro atoms. The molecule has 4 rings (SSSR count). The third kappa shape index (κ3) is 3.66. The number of benzene rings is 1. The van der Waals surface area contributed by atoms with Crippen molar-refractivity contribution in [3.63, 3.8) is 0 Å². The van der Waals surface area contributed by atoms with Crippen LogP contribution in [-0.2, 0) is 0 Å². The number of nitrogens with one attached hydrogen (secondary N) is 1. The van der Waals surface area contributed by atoms with Crippen molar-refractivity contribution in [2.75, 3.05) is 5.32 Å². The SMILES string of the molecule is CC1(C)CC(N2N=C(c3ccccc3)c3cnccc3NC2=O)CC(C)(C)C1. The number of carbonyl (C=O) groups is 1. The number of carbonyl (C=O) groups excluding carboxylic acids is 1. The second kappa shape index (κ2) is 6.73. The lowest BCUT2D eigenvalue weighted by atomic mass is 9.63. The van der Waals surface area contributed by atoms with Gasteiger partial charge in [-0.3, -0.25) is 4.98 Å². The van der Waals surface area contributed by atoms with Crippen LogP contribution in [0.2, 0.25) is 0 Å². The minimum Gasteiger partial charge on any atom is -0.306 e. The Hall–Kier alpha value is -2.69. The lowest BCUT2D eigenvalue weighted by Gasteiger charge is -2.46. The molecule has 1 aromatic heterocycles. The van der Waals surface area contributed by atoms with Gasteiger partial charge in [0.05, 0.1) is 11.7 Å². The fourth-order valence-corrected chi connectivity index (χ4v) is 5.09. The molecule has 2 heterocycles. The fourth-order valence-electron chi connectivity index (χ4n) is 5.09. The summed E-state index contributed by atoms with van der Waals surface area (Å²) in [7, 11) is 0. The van der Waals surface area contributed by atoms with Gasteiger partial charge in [-0.25, -0.2) is 9.80 Å². The average molecular weight is 377 g/mol. The second-order valence-electron chi connectivity index (χ2n) is 9.58. The van der Waals surface area contributed by atoms with Gasteiger partial charge in [0.15, 0.2) is 0 Å². The van der Waals surface area contributed by atoms with Gasteiger partial charge in [0, 0.05) is 23.5 Å². The van der Waals surface area contributed by atoms with Crippen molar-refractivity contribution < 1.29 is 4.79 Å². The molecule has 0 radical (unpaired) electrons. The summed E-state index contributed by atoms with van der Waals surface area (Å²) in [6.45, 7) is 9.16. The third-order valence-electron chi connectivity index (χ3n) is 5.66. The van der Waals surface area contributed by atoms with Gasteiger partial charge in [-0.05, 0) is 36.2 Å². The van der Waals surface area contributed by atoms with Gasteiger partial charge in [0.25, 0.3) is 0 Å². The molecule has 1 N–H and O–H groups in total. The van der Waals surface area contributed by atoms with Gasteiger partial charge in [-0.1, -0.05) is 58.0 Å². The Labute approximate surface area is 166 Å². The first-order valence-electron chi connectivity index (χ1n) is 9.93. The molecule has 0 unspecified atom stereocenters. The Morgan fingerprint density at radius 2 is 1.71 bits per heavy atom. The Kier molecular flexibility index (Phi) is 4.48. The van der Waals surface area contributed by atoms with E-state index in [0.29, 0.717) is 0 Å². The number of hydrogen-bond acceptors (Lipinski definition) is 3. The predicted octanol–water partition coefficient (Wildman–Crippen LogP) is 5.29. The smallest absolute Gasteiger partial charge is 0.306 e. The number of aromatic nitrogens is 1. The standard InChI is InChI=1S/C23H28N4O/c1-22(2)12-17(13-23(3,4)15-22)27-21(28)25-19-10-11-24-14-18(19)20(26-27)16-8-6-5-7-9-16/h5-11,14,17H,12-13,15H2,1-4H3,(H,25,28). The highest BCUT2D eigenvalue weighted by Gasteiger charge is 2.43. The van der Waals surface area contributed by atoms with Crippen LogP contribution in [0.1, 0.15) is 58.1 Å². The highest BCUT2D eigenvalue weighted by molar-refractivity contribution is 6.18. The minimum atomic E-state index is -0.170. The van der Waals surface area contributed by atoms with Crippen LogP contribution in [0.3, 0.4) is 0 Å². The zero-order valence-corrected chi connectivity index (χ0v) is 17.1. The lowest BCUT2D eigenvalue weighted by Crippen LogP contribution is -2.47. The van der Waals surface area contributed by atoms with E-state index in [1.165, 1.54) is 0 Å². The molecule has 146 valence electrons. The molecule has 5 heteroatoms. The lowest BCUT2D eigenvalue weighted by molar-refractivity contribution is 0.0434. The summed E-state index contributed by atoms with van der Waals surface area (Å²) < 4.78 is 0. The van der Waals surface area contributed by atoms with Crippen LogP contribution in [0, 0.1) is 10.8 Å². The Bertz CT molecular complexity index is 901. The zero-order valence-electron chi connectivity index (χ0n) is 17.1. The topological polar surface area (TPSA) is 57.6 Å². The van der Waals surface area contributed by atoms with Gasteiger partial charge in [-0.2, -0.15) is 5.10 Å². The summed E-state index contributed by atoms with van der Waals surface area (Å²) in [6, 6.07) is 11.7. The molecule has 1 aromatic carbocycles. The Balaban J connectivity index is 1.81. The van der Waals surface area contributed by atoms with Crippen molar-refractivity contribution >= 4 is 17.4 Å². The van der Waals surface area contributed by atoms with Crippen LogP contribution in [0.5, 0.6) is 0 Å². The van der Waals surface area contributed by atoms with Crippen LogP contribution >= 0.6 is 0 Å². The average Bonchev–Trinajstić information content (AvgIpc) is 2.76. The molecule has 28 heavy (non-hydrogen) atoms. The normalized spacial score (nSPS) is 21.4. The largest absolute Gasteiger partial charge is 0.342 e. The van der Waals surface area contributed by atoms with E-state index in [0.717, 1.165) is 41.8 Å². The number of rotatable bonds is 2. The van der Waals surface area contributed by atoms with Crippen LogP contribution in [0.15, 0.2) is 53.9 Å². The fraction of sp³-hybridized carbons (Fsp3) is 0.435.